The third-order valence-corrected chi connectivity index (χ3v) is 6.45. The van der Waals surface area contributed by atoms with Crippen LogP contribution in [0.4, 0.5) is 17.6 Å². The topological polar surface area (TPSA) is 63.6 Å². The maximum absolute atomic E-state index is 14.1. The zero-order valence-electron chi connectivity index (χ0n) is 16.8. The van der Waals surface area contributed by atoms with E-state index in [9.17, 15) is 22.4 Å². The van der Waals surface area contributed by atoms with Crippen LogP contribution in [-0.4, -0.2) is 19.5 Å². The molecule has 2 aromatic carbocycles. The summed E-state index contributed by atoms with van der Waals surface area (Å²) in [6, 6.07) is 9.48. The number of benzene rings is 2. The van der Waals surface area contributed by atoms with Crippen LogP contribution in [0.25, 0.3) is 22.6 Å². The molecule has 11 heteroatoms. The van der Waals surface area contributed by atoms with Crippen molar-refractivity contribution in [3.63, 3.8) is 0 Å². The Balaban J connectivity index is 1.52. The van der Waals surface area contributed by atoms with Crippen molar-refractivity contribution in [1.29, 1.82) is 0 Å². The molecular formula is C22H15ClF4N4OS. The van der Waals surface area contributed by atoms with E-state index in [-0.39, 0.29) is 28.0 Å². The van der Waals surface area contributed by atoms with E-state index >= 15 is 0 Å². The average molecular weight is 495 g/mol. The molecule has 0 bridgehead atoms. The van der Waals surface area contributed by atoms with Gasteiger partial charge >= 0.3 is 6.18 Å². The molecule has 2 aromatic heterocycles. The van der Waals surface area contributed by atoms with Crippen molar-refractivity contribution in [3.8, 4) is 11.4 Å². The van der Waals surface area contributed by atoms with Gasteiger partial charge in [0.05, 0.1) is 5.56 Å². The monoisotopic (exact) mass is 494 g/mol. The van der Waals surface area contributed by atoms with Crippen molar-refractivity contribution in [2.45, 2.75) is 36.0 Å². The number of alkyl halides is 3. The van der Waals surface area contributed by atoms with Gasteiger partial charge in [-0.2, -0.15) is 13.2 Å². The maximum atomic E-state index is 14.1. The summed E-state index contributed by atoms with van der Waals surface area (Å²) in [6.07, 6.45) is -2.75. The van der Waals surface area contributed by atoms with Gasteiger partial charge in [-0.1, -0.05) is 23.4 Å². The predicted octanol–water partition coefficient (Wildman–Crippen LogP) is 6.23. The Kier molecular flexibility index (Phi) is 5.44. The van der Waals surface area contributed by atoms with Crippen LogP contribution in [0.2, 0.25) is 5.02 Å². The summed E-state index contributed by atoms with van der Waals surface area (Å²) in [7, 11) is 0. The Morgan fingerprint density at radius 3 is 2.52 bits per heavy atom. The lowest BCUT2D eigenvalue weighted by atomic mass is 10.1. The van der Waals surface area contributed by atoms with Crippen LogP contribution in [0, 0.1) is 5.82 Å². The Morgan fingerprint density at radius 1 is 1.12 bits per heavy atom. The summed E-state index contributed by atoms with van der Waals surface area (Å²) in [6.45, 7) is 0. The molecule has 1 aliphatic rings. The van der Waals surface area contributed by atoms with E-state index in [1.165, 1.54) is 0 Å². The normalized spacial score (nSPS) is 14.2. The SMILES string of the molecule is O=c1[nH]c(SCc2cc(C(F)(F)F)ccc2F)nc2c1nc(-c1ccc(Cl)cc1)n2C1CC1. The zero-order chi connectivity index (χ0) is 23.3. The van der Waals surface area contributed by atoms with Gasteiger partial charge in [-0.15, -0.1) is 0 Å². The number of hydrogen-bond acceptors (Lipinski definition) is 4. The van der Waals surface area contributed by atoms with Gasteiger partial charge in [0.1, 0.15) is 11.6 Å². The molecule has 0 atom stereocenters. The molecule has 1 fully saturated rings. The van der Waals surface area contributed by atoms with Gasteiger partial charge in [0.15, 0.2) is 16.3 Å². The third-order valence-electron chi connectivity index (χ3n) is 5.28. The fraction of sp³-hybridized carbons (Fsp3) is 0.227. The van der Waals surface area contributed by atoms with Crippen molar-refractivity contribution < 1.29 is 17.6 Å². The number of imidazole rings is 1. The quantitative estimate of drug-likeness (QED) is 0.203. The van der Waals surface area contributed by atoms with Gasteiger partial charge in [0.25, 0.3) is 5.56 Å². The second-order valence-electron chi connectivity index (χ2n) is 7.68. The van der Waals surface area contributed by atoms with Gasteiger partial charge in [0.2, 0.25) is 0 Å². The molecule has 0 unspecified atom stereocenters. The number of fused-ring (bicyclic) bond motifs is 1. The molecule has 5 rings (SSSR count). The summed E-state index contributed by atoms with van der Waals surface area (Å²) in [4.78, 5) is 24.3. The Morgan fingerprint density at radius 2 is 1.85 bits per heavy atom. The summed E-state index contributed by atoms with van der Waals surface area (Å²) >= 11 is 6.93. The fourth-order valence-electron chi connectivity index (χ4n) is 3.52. The minimum atomic E-state index is -4.58. The van der Waals surface area contributed by atoms with E-state index < -0.39 is 23.1 Å². The smallest absolute Gasteiger partial charge is 0.305 e. The Hall–Kier alpha value is -2.85. The van der Waals surface area contributed by atoms with Crippen molar-refractivity contribution in [1.82, 2.24) is 19.5 Å². The van der Waals surface area contributed by atoms with Crippen LogP contribution >= 0.6 is 23.4 Å². The van der Waals surface area contributed by atoms with Gasteiger partial charge in [-0.3, -0.25) is 9.78 Å². The van der Waals surface area contributed by atoms with E-state index in [0.29, 0.717) is 22.6 Å². The number of halogens is 5. The predicted molar refractivity (Wildman–Crippen MR) is 118 cm³/mol. The van der Waals surface area contributed by atoms with Gasteiger partial charge in [-0.25, -0.2) is 14.4 Å². The lowest BCUT2D eigenvalue weighted by Gasteiger charge is -2.10. The standard InChI is InChI=1S/C22H15ClF4N4OS/c23-14-4-1-11(2-5-14)18-28-17-19(31(18)15-6-7-15)29-21(30-20(17)32)33-10-12-9-13(22(25,26)27)3-8-16(12)24/h1-5,8-9,15H,6-7,10H2,(H,29,30,32). The highest BCUT2D eigenvalue weighted by Crippen LogP contribution is 2.41. The molecule has 1 aliphatic carbocycles. The third kappa shape index (κ3) is 4.37. The van der Waals surface area contributed by atoms with Crippen LogP contribution in [0.1, 0.15) is 30.0 Å². The number of nitrogens with zero attached hydrogens (tertiary/aromatic N) is 3. The number of hydrogen-bond donors (Lipinski definition) is 1. The molecule has 1 N–H and O–H groups in total. The molecule has 33 heavy (non-hydrogen) atoms. The Bertz CT molecular complexity index is 1410. The van der Waals surface area contributed by atoms with Crippen molar-refractivity contribution in [2.75, 3.05) is 0 Å². The largest absolute Gasteiger partial charge is 0.416 e. The number of nitrogens with one attached hydrogen (secondary N) is 1. The molecule has 4 aromatic rings. The van der Waals surface area contributed by atoms with Gasteiger partial charge in [0, 0.05) is 22.4 Å². The van der Waals surface area contributed by atoms with Crippen LogP contribution in [0.5, 0.6) is 0 Å². The molecule has 0 radical (unpaired) electrons. The number of aromatic amines is 1. The molecule has 0 amide bonds. The maximum Gasteiger partial charge on any atom is 0.416 e. The average Bonchev–Trinajstić information content (AvgIpc) is 3.53. The summed E-state index contributed by atoms with van der Waals surface area (Å²) < 4.78 is 54.9. The molecular weight excluding hydrogens is 480 g/mol. The van der Waals surface area contributed by atoms with E-state index in [1.807, 2.05) is 16.7 Å². The first-order chi connectivity index (χ1) is 15.7. The second kappa shape index (κ2) is 8.18. The number of thioether (sulfide) groups is 1. The van der Waals surface area contributed by atoms with Crippen molar-refractivity contribution in [3.05, 3.63) is 74.8 Å². The highest BCUT2D eigenvalue weighted by Gasteiger charge is 2.32. The van der Waals surface area contributed by atoms with Crippen molar-refractivity contribution in [2.24, 2.45) is 0 Å². The lowest BCUT2D eigenvalue weighted by Crippen LogP contribution is -2.10. The minimum absolute atomic E-state index is 0.130. The zero-order valence-corrected chi connectivity index (χ0v) is 18.4. The fourth-order valence-corrected chi connectivity index (χ4v) is 4.48. The molecule has 2 heterocycles. The Labute approximate surface area is 193 Å². The number of H-pyrrole nitrogens is 1. The molecule has 0 saturated heterocycles. The van der Waals surface area contributed by atoms with Crippen LogP contribution in [0.15, 0.2) is 52.4 Å². The highest BCUT2D eigenvalue weighted by atomic mass is 35.5. The highest BCUT2D eigenvalue weighted by molar-refractivity contribution is 7.98. The van der Waals surface area contributed by atoms with Crippen LogP contribution in [-0.2, 0) is 11.9 Å². The van der Waals surface area contributed by atoms with Gasteiger partial charge < -0.3 is 4.57 Å². The molecule has 1 saturated carbocycles. The van der Waals surface area contributed by atoms with E-state index in [1.54, 1.807) is 12.1 Å². The first kappa shape index (κ1) is 22.0. The molecule has 0 aliphatic heterocycles. The number of rotatable bonds is 5. The molecule has 5 nitrogen and oxygen atoms in total. The molecule has 0 spiro atoms. The lowest BCUT2D eigenvalue weighted by molar-refractivity contribution is -0.137. The van der Waals surface area contributed by atoms with Crippen LogP contribution in [0.3, 0.4) is 0 Å². The summed E-state index contributed by atoms with van der Waals surface area (Å²) in [5.41, 5.74) is -0.198. The summed E-state index contributed by atoms with van der Waals surface area (Å²) in [5, 5.41) is 0.748. The van der Waals surface area contributed by atoms with E-state index in [4.69, 9.17) is 11.6 Å². The van der Waals surface area contributed by atoms with Gasteiger partial charge in [-0.05, 0) is 60.9 Å². The minimum Gasteiger partial charge on any atom is -0.305 e. The summed E-state index contributed by atoms with van der Waals surface area (Å²) in [5.74, 6) is -0.300. The van der Waals surface area contributed by atoms with Crippen LogP contribution < -0.4 is 5.56 Å². The van der Waals surface area contributed by atoms with E-state index in [2.05, 4.69) is 15.0 Å². The van der Waals surface area contributed by atoms with Crippen molar-refractivity contribution >= 4 is 34.5 Å². The second-order valence-corrected chi connectivity index (χ2v) is 9.08. The first-order valence-corrected chi connectivity index (χ1v) is 11.3. The first-order valence-electron chi connectivity index (χ1n) is 9.97. The number of aromatic nitrogens is 4. The molecule has 170 valence electrons. The van der Waals surface area contributed by atoms with E-state index in [0.717, 1.165) is 42.3 Å².